The quantitative estimate of drug-likeness (QED) is 0.271. The number of anilines is 3. The number of aromatic nitrogens is 3. The number of benzene rings is 2. The zero-order valence-electron chi connectivity index (χ0n) is 19.3. The zero-order chi connectivity index (χ0) is 25.6. The highest BCUT2D eigenvalue weighted by atomic mass is 127. The van der Waals surface area contributed by atoms with Crippen LogP contribution < -0.4 is 27.4 Å². The fraction of sp³-hybridized carbons (Fsp3) is 0.167. The molecule has 0 saturated carbocycles. The van der Waals surface area contributed by atoms with Crippen LogP contribution in [-0.2, 0) is 14.1 Å². The average Bonchev–Trinajstić information content (AvgIpc) is 2.80. The van der Waals surface area contributed by atoms with E-state index in [1.54, 1.807) is 44.2 Å². The molecule has 4 rings (SSSR count). The van der Waals surface area contributed by atoms with E-state index in [9.17, 15) is 18.8 Å². The summed E-state index contributed by atoms with van der Waals surface area (Å²) in [5.41, 5.74) is -0.159. The first-order valence-corrected chi connectivity index (χ1v) is 12.0. The predicted octanol–water partition coefficient (Wildman–Crippen LogP) is 3.94. The van der Waals surface area contributed by atoms with Gasteiger partial charge in [0.05, 0.1) is 21.9 Å². The van der Waals surface area contributed by atoms with E-state index in [-0.39, 0.29) is 28.0 Å². The normalized spacial score (nSPS) is 11.0. The number of halogens is 2. The van der Waals surface area contributed by atoms with E-state index >= 15 is 0 Å². The van der Waals surface area contributed by atoms with Gasteiger partial charge in [0.25, 0.3) is 11.1 Å². The van der Waals surface area contributed by atoms with Gasteiger partial charge in [0.2, 0.25) is 0 Å². The number of nitrogens with zero attached hydrogens (tertiary/aromatic N) is 3. The topological polar surface area (TPSA) is 90.1 Å². The number of fused-ring (bicyclic) bond motifs is 1. The van der Waals surface area contributed by atoms with Crippen molar-refractivity contribution >= 4 is 67.9 Å². The highest BCUT2D eigenvalue weighted by Gasteiger charge is 2.22. The van der Waals surface area contributed by atoms with Gasteiger partial charge >= 0.3 is 5.69 Å². The summed E-state index contributed by atoms with van der Waals surface area (Å²) in [4.78, 5) is 40.5. The lowest BCUT2D eigenvalue weighted by atomic mass is 10.1. The summed E-state index contributed by atoms with van der Waals surface area (Å²) in [7, 11) is 2.85. The molecule has 0 saturated heterocycles. The maximum absolute atomic E-state index is 14.7. The second-order valence-electron chi connectivity index (χ2n) is 8.02. The Kier molecular flexibility index (Phi) is 6.64. The SMILES string of the molecule is CC(=S)Nc1cccc(-n2c(=O)n(C)c(=O)c3c(Nc4ccc(I)cc4F)n(C)c(=O)c(C)c32)c1. The number of aryl methyl sites for hydroxylation is 1. The molecule has 0 bridgehead atoms. The van der Waals surface area contributed by atoms with E-state index in [1.807, 2.05) is 22.6 Å². The molecular formula is C24H21FIN5O3S. The van der Waals surface area contributed by atoms with Gasteiger partial charge in [-0.3, -0.25) is 23.3 Å². The van der Waals surface area contributed by atoms with Crippen LogP contribution in [0, 0.1) is 16.3 Å². The van der Waals surface area contributed by atoms with Crippen LogP contribution >= 0.6 is 34.8 Å². The summed E-state index contributed by atoms with van der Waals surface area (Å²) in [6, 6.07) is 11.5. The maximum Gasteiger partial charge on any atom is 0.335 e. The van der Waals surface area contributed by atoms with Crippen molar-refractivity contribution < 1.29 is 4.39 Å². The standard InChI is InChI=1S/C24H21FIN5O3S/c1-12-20-19(21(29(3)22(12)32)28-18-9-8-14(26)10-17(18)25)23(33)30(4)24(34)31(20)16-7-5-6-15(11-16)27-13(2)35/h5-11,28H,1-4H3,(H,27,35). The third-order valence-electron chi connectivity index (χ3n) is 5.62. The van der Waals surface area contributed by atoms with Gasteiger partial charge in [-0.1, -0.05) is 18.3 Å². The lowest BCUT2D eigenvalue weighted by Gasteiger charge is -2.20. The molecule has 0 unspecified atom stereocenters. The lowest BCUT2D eigenvalue weighted by Crippen LogP contribution is -2.40. The highest BCUT2D eigenvalue weighted by molar-refractivity contribution is 14.1. The Balaban J connectivity index is 2.13. The Morgan fingerprint density at radius 3 is 2.40 bits per heavy atom. The van der Waals surface area contributed by atoms with E-state index in [4.69, 9.17) is 12.2 Å². The number of hydrogen-bond donors (Lipinski definition) is 2. The van der Waals surface area contributed by atoms with E-state index in [2.05, 4.69) is 10.6 Å². The molecule has 180 valence electrons. The van der Waals surface area contributed by atoms with Crippen LogP contribution in [0.4, 0.5) is 21.6 Å². The third-order valence-corrected chi connectivity index (χ3v) is 6.39. The van der Waals surface area contributed by atoms with Gasteiger partial charge in [-0.25, -0.2) is 9.18 Å². The van der Waals surface area contributed by atoms with Crippen molar-refractivity contribution in [2.24, 2.45) is 14.1 Å². The molecule has 0 radical (unpaired) electrons. The van der Waals surface area contributed by atoms with Crippen LogP contribution in [0.25, 0.3) is 16.6 Å². The molecule has 0 atom stereocenters. The van der Waals surface area contributed by atoms with Crippen LogP contribution in [0.15, 0.2) is 56.8 Å². The molecule has 0 aliphatic carbocycles. The average molecular weight is 605 g/mol. The Bertz CT molecular complexity index is 1710. The Morgan fingerprint density at radius 2 is 1.74 bits per heavy atom. The van der Waals surface area contributed by atoms with Gasteiger partial charge in [0.1, 0.15) is 17.0 Å². The molecule has 8 nitrogen and oxygen atoms in total. The van der Waals surface area contributed by atoms with E-state index in [1.165, 1.54) is 35.4 Å². The van der Waals surface area contributed by atoms with Gasteiger partial charge in [-0.05, 0) is 72.8 Å². The van der Waals surface area contributed by atoms with E-state index in [0.29, 0.717) is 19.9 Å². The Hall–Kier alpha value is -3.32. The van der Waals surface area contributed by atoms with Gasteiger partial charge in [-0.15, -0.1) is 0 Å². The number of thiocarbonyl (C=S) groups is 1. The van der Waals surface area contributed by atoms with Crippen molar-refractivity contribution in [3.8, 4) is 5.69 Å². The van der Waals surface area contributed by atoms with Gasteiger partial charge in [-0.2, -0.15) is 0 Å². The molecule has 0 amide bonds. The highest BCUT2D eigenvalue weighted by Crippen LogP contribution is 2.27. The fourth-order valence-corrected chi connectivity index (χ4v) is 4.51. The van der Waals surface area contributed by atoms with Crippen LogP contribution in [0.2, 0.25) is 0 Å². The number of rotatable bonds is 4. The first-order valence-electron chi connectivity index (χ1n) is 10.5. The van der Waals surface area contributed by atoms with E-state index < -0.39 is 22.6 Å². The molecule has 35 heavy (non-hydrogen) atoms. The van der Waals surface area contributed by atoms with Crippen molar-refractivity contribution in [3.63, 3.8) is 0 Å². The molecule has 2 N–H and O–H groups in total. The Labute approximate surface area is 218 Å². The van der Waals surface area contributed by atoms with Crippen LogP contribution in [-0.4, -0.2) is 18.7 Å². The monoisotopic (exact) mass is 605 g/mol. The molecular weight excluding hydrogens is 584 g/mol. The summed E-state index contributed by atoms with van der Waals surface area (Å²) in [6.45, 7) is 3.28. The lowest BCUT2D eigenvalue weighted by molar-refractivity contribution is 0.630. The molecule has 0 aliphatic heterocycles. The first-order chi connectivity index (χ1) is 16.5. The second-order valence-corrected chi connectivity index (χ2v) is 9.88. The molecule has 2 aromatic carbocycles. The molecule has 0 fully saturated rings. The summed E-state index contributed by atoms with van der Waals surface area (Å²) in [5.74, 6) is -0.466. The molecule has 2 heterocycles. The minimum atomic E-state index is -0.624. The number of hydrogen-bond acceptors (Lipinski definition) is 5. The van der Waals surface area contributed by atoms with Crippen molar-refractivity contribution in [2.45, 2.75) is 13.8 Å². The van der Waals surface area contributed by atoms with Crippen molar-refractivity contribution in [1.29, 1.82) is 0 Å². The predicted molar refractivity (Wildman–Crippen MR) is 149 cm³/mol. The Morgan fingerprint density at radius 1 is 1.03 bits per heavy atom. The van der Waals surface area contributed by atoms with Crippen LogP contribution in [0.5, 0.6) is 0 Å². The summed E-state index contributed by atoms with van der Waals surface area (Å²) < 4.78 is 18.9. The minimum Gasteiger partial charge on any atom is -0.350 e. The van der Waals surface area contributed by atoms with Gasteiger partial charge in [0, 0.05) is 28.9 Å². The molecule has 11 heteroatoms. The zero-order valence-corrected chi connectivity index (χ0v) is 22.2. The second kappa shape index (κ2) is 9.38. The molecule has 4 aromatic rings. The number of nitrogens with one attached hydrogen (secondary N) is 2. The van der Waals surface area contributed by atoms with Crippen LogP contribution in [0.3, 0.4) is 0 Å². The van der Waals surface area contributed by atoms with Gasteiger partial charge < -0.3 is 10.6 Å². The van der Waals surface area contributed by atoms with Crippen molar-refractivity contribution in [2.75, 3.05) is 10.6 Å². The van der Waals surface area contributed by atoms with Crippen molar-refractivity contribution in [1.82, 2.24) is 13.7 Å². The molecule has 0 spiro atoms. The van der Waals surface area contributed by atoms with Crippen molar-refractivity contribution in [3.05, 3.63) is 88.6 Å². The minimum absolute atomic E-state index is 0.0778. The molecule has 0 aliphatic rings. The van der Waals surface area contributed by atoms with Gasteiger partial charge in [0.15, 0.2) is 0 Å². The summed E-state index contributed by atoms with van der Waals surface area (Å²) >= 11 is 7.11. The third kappa shape index (κ3) is 4.41. The van der Waals surface area contributed by atoms with Crippen LogP contribution in [0.1, 0.15) is 12.5 Å². The summed E-state index contributed by atoms with van der Waals surface area (Å²) in [6.07, 6.45) is 0. The smallest absolute Gasteiger partial charge is 0.335 e. The van der Waals surface area contributed by atoms with E-state index in [0.717, 1.165) is 4.57 Å². The largest absolute Gasteiger partial charge is 0.350 e. The number of pyridine rings is 1. The first kappa shape index (κ1) is 24.8. The fourth-order valence-electron chi connectivity index (χ4n) is 3.93. The molecule has 2 aromatic heterocycles. The summed E-state index contributed by atoms with van der Waals surface area (Å²) in [5, 5.41) is 6.01. The maximum atomic E-state index is 14.7.